The van der Waals surface area contributed by atoms with Gasteiger partial charge in [-0.05, 0) is 31.5 Å². The van der Waals surface area contributed by atoms with Crippen molar-refractivity contribution in [2.75, 3.05) is 32.2 Å². The average molecular weight is 319 g/mol. The Kier molecular flexibility index (Phi) is 6.43. The number of hydrogen-bond donors (Lipinski definition) is 2. The van der Waals surface area contributed by atoms with E-state index in [4.69, 9.17) is 14.6 Å². The summed E-state index contributed by atoms with van der Waals surface area (Å²) >= 11 is 0. The van der Waals surface area contributed by atoms with E-state index in [0.717, 1.165) is 28.4 Å². The minimum atomic E-state index is 0.0722. The molecule has 0 unspecified atom stereocenters. The summed E-state index contributed by atoms with van der Waals surface area (Å²) in [7, 11) is 1.66. The van der Waals surface area contributed by atoms with E-state index in [2.05, 4.69) is 10.4 Å². The van der Waals surface area contributed by atoms with Crippen LogP contribution in [0.15, 0.2) is 24.3 Å². The maximum Gasteiger partial charge on any atom is 0.127 e. The molecule has 6 heteroatoms. The molecule has 6 nitrogen and oxygen atoms in total. The SMILES string of the molecule is COCCOc1ccc(CNc2c(C)c(C)nn2CCO)cc1. The topological polar surface area (TPSA) is 68.5 Å². The molecule has 0 atom stereocenters. The van der Waals surface area contributed by atoms with Gasteiger partial charge in [0.15, 0.2) is 0 Å². The van der Waals surface area contributed by atoms with Gasteiger partial charge in [0.1, 0.15) is 18.2 Å². The standard InChI is InChI=1S/C17H25N3O3/c1-13-14(2)19-20(8-9-21)17(13)18-12-15-4-6-16(7-5-15)23-11-10-22-3/h4-7,18,21H,8-12H2,1-3H3. The Balaban J connectivity index is 1.95. The molecule has 0 spiro atoms. The van der Waals surface area contributed by atoms with Crippen molar-refractivity contribution in [1.29, 1.82) is 0 Å². The maximum atomic E-state index is 9.14. The molecule has 0 amide bonds. The molecule has 2 N–H and O–H groups in total. The highest BCUT2D eigenvalue weighted by Gasteiger charge is 2.10. The second kappa shape index (κ2) is 8.55. The first kappa shape index (κ1) is 17.3. The van der Waals surface area contributed by atoms with E-state index in [-0.39, 0.29) is 6.61 Å². The van der Waals surface area contributed by atoms with E-state index < -0.39 is 0 Å². The highest BCUT2D eigenvalue weighted by molar-refractivity contribution is 5.47. The smallest absolute Gasteiger partial charge is 0.127 e. The summed E-state index contributed by atoms with van der Waals surface area (Å²) in [5.74, 6) is 1.79. The highest BCUT2D eigenvalue weighted by Crippen LogP contribution is 2.20. The van der Waals surface area contributed by atoms with Gasteiger partial charge >= 0.3 is 0 Å². The van der Waals surface area contributed by atoms with E-state index in [0.29, 0.717) is 26.3 Å². The van der Waals surface area contributed by atoms with Crippen LogP contribution in [0.2, 0.25) is 0 Å². The van der Waals surface area contributed by atoms with Crippen LogP contribution in [0.5, 0.6) is 5.75 Å². The van der Waals surface area contributed by atoms with E-state index in [1.807, 2.05) is 42.8 Å². The molecule has 23 heavy (non-hydrogen) atoms. The van der Waals surface area contributed by atoms with Gasteiger partial charge < -0.3 is 19.9 Å². The summed E-state index contributed by atoms with van der Waals surface area (Å²) in [5.41, 5.74) is 3.23. The normalized spacial score (nSPS) is 10.8. The van der Waals surface area contributed by atoms with Gasteiger partial charge in [-0.3, -0.25) is 0 Å². The summed E-state index contributed by atoms with van der Waals surface area (Å²) in [4.78, 5) is 0. The third-order valence-corrected chi connectivity index (χ3v) is 3.68. The molecule has 0 aliphatic heterocycles. The van der Waals surface area contributed by atoms with Crippen molar-refractivity contribution in [2.24, 2.45) is 0 Å². The van der Waals surface area contributed by atoms with Crippen LogP contribution >= 0.6 is 0 Å². The van der Waals surface area contributed by atoms with Crippen molar-refractivity contribution in [3.05, 3.63) is 41.1 Å². The van der Waals surface area contributed by atoms with Crippen molar-refractivity contribution >= 4 is 5.82 Å². The number of ether oxygens (including phenoxy) is 2. The first-order valence-corrected chi connectivity index (χ1v) is 7.75. The summed E-state index contributed by atoms with van der Waals surface area (Å²) in [6, 6.07) is 7.97. The minimum Gasteiger partial charge on any atom is -0.491 e. The van der Waals surface area contributed by atoms with Crippen LogP contribution in [0.25, 0.3) is 0 Å². The van der Waals surface area contributed by atoms with E-state index in [1.54, 1.807) is 7.11 Å². The third kappa shape index (κ3) is 4.71. The zero-order chi connectivity index (χ0) is 16.7. The molecule has 0 saturated carbocycles. The number of rotatable bonds is 9. The molecule has 1 heterocycles. The third-order valence-electron chi connectivity index (χ3n) is 3.68. The lowest BCUT2D eigenvalue weighted by molar-refractivity contribution is 0.146. The van der Waals surface area contributed by atoms with Gasteiger partial charge in [0.2, 0.25) is 0 Å². The first-order chi connectivity index (χ1) is 11.2. The molecule has 0 fully saturated rings. The number of aliphatic hydroxyl groups excluding tert-OH is 1. The van der Waals surface area contributed by atoms with Crippen LogP contribution in [0, 0.1) is 13.8 Å². The molecular weight excluding hydrogens is 294 g/mol. The molecule has 0 saturated heterocycles. The molecule has 1 aromatic heterocycles. The van der Waals surface area contributed by atoms with Gasteiger partial charge in [-0.1, -0.05) is 12.1 Å². The summed E-state index contributed by atoms with van der Waals surface area (Å²) in [6.45, 7) is 6.39. The van der Waals surface area contributed by atoms with Crippen LogP contribution < -0.4 is 10.1 Å². The van der Waals surface area contributed by atoms with Gasteiger partial charge in [0.25, 0.3) is 0 Å². The van der Waals surface area contributed by atoms with Crippen molar-refractivity contribution < 1.29 is 14.6 Å². The Morgan fingerprint density at radius 1 is 1.17 bits per heavy atom. The lowest BCUT2D eigenvalue weighted by atomic mass is 10.2. The van der Waals surface area contributed by atoms with Crippen LogP contribution in [0.4, 0.5) is 5.82 Å². The zero-order valence-electron chi connectivity index (χ0n) is 14.0. The van der Waals surface area contributed by atoms with Crippen LogP contribution in [0.3, 0.4) is 0 Å². The number of aromatic nitrogens is 2. The van der Waals surface area contributed by atoms with Crippen LogP contribution in [-0.2, 0) is 17.8 Å². The fourth-order valence-electron chi connectivity index (χ4n) is 2.28. The Morgan fingerprint density at radius 3 is 2.57 bits per heavy atom. The molecule has 0 bridgehead atoms. The van der Waals surface area contributed by atoms with E-state index in [9.17, 15) is 0 Å². The summed E-state index contributed by atoms with van der Waals surface area (Å²) in [5, 5.41) is 17.0. The van der Waals surface area contributed by atoms with Crippen molar-refractivity contribution in [1.82, 2.24) is 9.78 Å². The number of nitrogens with zero attached hydrogens (tertiary/aromatic N) is 2. The molecule has 0 aliphatic rings. The van der Waals surface area contributed by atoms with Gasteiger partial charge in [-0.25, -0.2) is 4.68 Å². The predicted octanol–water partition coefficient (Wildman–Crippen LogP) is 2.13. The van der Waals surface area contributed by atoms with E-state index in [1.165, 1.54) is 0 Å². The molecule has 126 valence electrons. The second-order valence-electron chi connectivity index (χ2n) is 5.34. The van der Waals surface area contributed by atoms with Crippen LogP contribution in [-0.4, -0.2) is 41.8 Å². The predicted molar refractivity (Wildman–Crippen MR) is 89.9 cm³/mol. The van der Waals surface area contributed by atoms with Gasteiger partial charge in [0.05, 0.1) is 25.5 Å². The maximum absolute atomic E-state index is 9.14. The van der Waals surface area contributed by atoms with Gasteiger partial charge in [-0.15, -0.1) is 0 Å². The fraction of sp³-hybridized carbons (Fsp3) is 0.471. The van der Waals surface area contributed by atoms with E-state index >= 15 is 0 Å². The fourth-order valence-corrected chi connectivity index (χ4v) is 2.28. The quantitative estimate of drug-likeness (QED) is 0.693. The van der Waals surface area contributed by atoms with Crippen molar-refractivity contribution in [3.8, 4) is 5.75 Å². The molecule has 0 aliphatic carbocycles. The number of methoxy groups -OCH3 is 1. The largest absolute Gasteiger partial charge is 0.491 e. The average Bonchev–Trinajstić information content (AvgIpc) is 2.82. The Bertz CT molecular complexity index is 608. The van der Waals surface area contributed by atoms with Crippen molar-refractivity contribution in [3.63, 3.8) is 0 Å². The highest BCUT2D eigenvalue weighted by atomic mass is 16.5. The molecule has 2 rings (SSSR count). The van der Waals surface area contributed by atoms with Crippen molar-refractivity contribution in [2.45, 2.75) is 26.9 Å². The summed E-state index contributed by atoms with van der Waals surface area (Å²) in [6.07, 6.45) is 0. The Morgan fingerprint density at radius 2 is 1.91 bits per heavy atom. The number of anilines is 1. The molecule has 2 aromatic rings. The van der Waals surface area contributed by atoms with Gasteiger partial charge in [-0.2, -0.15) is 5.10 Å². The minimum absolute atomic E-state index is 0.0722. The zero-order valence-corrected chi connectivity index (χ0v) is 14.0. The molecule has 1 aromatic carbocycles. The second-order valence-corrected chi connectivity index (χ2v) is 5.34. The lowest BCUT2D eigenvalue weighted by Gasteiger charge is -2.11. The summed E-state index contributed by atoms with van der Waals surface area (Å²) < 4.78 is 12.3. The van der Waals surface area contributed by atoms with Crippen LogP contribution in [0.1, 0.15) is 16.8 Å². The number of benzene rings is 1. The monoisotopic (exact) mass is 319 g/mol. The molecule has 0 radical (unpaired) electrons. The number of aliphatic hydroxyl groups is 1. The molecular formula is C17H25N3O3. The Hall–Kier alpha value is -2.05. The Labute approximate surface area is 137 Å². The lowest BCUT2D eigenvalue weighted by Crippen LogP contribution is -2.11. The first-order valence-electron chi connectivity index (χ1n) is 7.75. The number of hydrogen-bond acceptors (Lipinski definition) is 5. The number of nitrogens with one attached hydrogen (secondary N) is 1. The van der Waals surface area contributed by atoms with Gasteiger partial charge in [0, 0.05) is 19.2 Å². The number of aryl methyl sites for hydroxylation is 1.